The van der Waals surface area contributed by atoms with Crippen LogP contribution in [0.5, 0.6) is 0 Å². The van der Waals surface area contributed by atoms with Crippen molar-refractivity contribution in [2.45, 2.75) is 0 Å². The van der Waals surface area contributed by atoms with Crippen molar-refractivity contribution in [3.63, 3.8) is 0 Å². The number of nitro groups is 2. The monoisotopic (exact) mass is 329 g/mol. The van der Waals surface area contributed by atoms with Gasteiger partial charge in [-0.05, 0) is 23.8 Å². The lowest BCUT2D eigenvalue weighted by Gasteiger charge is -2.02. The Hall–Kier alpha value is -3.82. The number of nitro benzene ring substituents is 2. The molecule has 2 aromatic carbocycles. The second-order valence-corrected chi connectivity index (χ2v) is 4.62. The number of non-ortho nitro benzene ring substituents is 2. The van der Waals surface area contributed by atoms with Gasteiger partial charge in [-0.15, -0.1) is 0 Å². The van der Waals surface area contributed by atoms with Gasteiger partial charge >= 0.3 is 0 Å². The van der Waals surface area contributed by atoms with Crippen LogP contribution in [-0.4, -0.2) is 22.0 Å². The van der Waals surface area contributed by atoms with Crippen LogP contribution in [0.15, 0.2) is 47.6 Å². The number of nitrogen functional groups attached to an aromatic ring is 1. The number of rotatable bonds is 5. The van der Waals surface area contributed by atoms with Crippen LogP contribution < -0.4 is 11.2 Å². The highest BCUT2D eigenvalue weighted by Gasteiger charge is 2.13. The SMILES string of the molecule is Nc1cc(C(=O)NN=Cc2ccc([N+](=O)[O-])cc2)cc([N+](=O)[O-])c1. The van der Waals surface area contributed by atoms with Crippen LogP contribution in [0.3, 0.4) is 0 Å². The van der Waals surface area contributed by atoms with Crippen molar-refractivity contribution in [3.8, 4) is 0 Å². The molecule has 0 radical (unpaired) electrons. The molecule has 0 aliphatic heterocycles. The van der Waals surface area contributed by atoms with Crippen LogP contribution in [0.1, 0.15) is 15.9 Å². The fraction of sp³-hybridized carbons (Fsp3) is 0. The fourth-order valence-electron chi connectivity index (χ4n) is 1.78. The van der Waals surface area contributed by atoms with Crippen LogP contribution >= 0.6 is 0 Å². The maximum Gasteiger partial charge on any atom is 0.272 e. The van der Waals surface area contributed by atoms with Crippen molar-refractivity contribution in [2.24, 2.45) is 5.10 Å². The molecule has 0 unspecified atom stereocenters. The zero-order valence-corrected chi connectivity index (χ0v) is 12.1. The number of nitrogens with two attached hydrogens (primary N) is 1. The highest BCUT2D eigenvalue weighted by atomic mass is 16.6. The molecule has 0 spiro atoms. The summed E-state index contributed by atoms with van der Waals surface area (Å²) < 4.78 is 0. The molecule has 1 amide bonds. The van der Waals surface area contributed by atoms with Crippen molar-refractivity contribution >= 4 is 29.2 Å². The van der Waals surface area contributed by atoms with Crippen molar-refractivity contribution in [3.05, 3.63) is 73.8 Å². The lowest BCUT2D eigenvalue weighted by molar-refractivity contribution is -0.385. The Labute approximate surface area is 134 Å². The van der Waals surface area contributed by atoms with Crippen LogP contribution in [0.25, 0.3) is 0 Å². The summed E-state index contributed by atoms with van der Waals surface area (Å²) in [5.74, 6) is -0.677. The Morgan fingerprint density at radius 3 is 2.25 bits per heavy atom. The van der Waals surface area contributed by atoms with Crippen molar-refractivity contribution < 1.29 is 14.6 Å². The maximum atomic E-state index is 11.9. The number of carbonyl (C=O) groups is 1. The van der Waals surface area contributed by atoms with Gasteiger partial charge in [-0.3, -0.25) is 25.0 Å². The molecule has 3 N–H and O–H groups in total. The minimum Gasteiger partial charge on any atom is -0.399 e. The third-order valence-corrected chi connectivity index (χ3v) is 2.90. The first kappa shape index (κ1) is 16.5. The molecule has 0 fully saturated rings. The molecule has 122 valence electrons. The first-order chi connectivity index (χ1) is 11.4. The maximum absolute atomic E-state index is 11.9. The number of nitrogens with one attached hydrogen (secondary N) is 1. The fourth-order valence-corrected chi connectivity index (χ4v) is 1.78. The highest BCUT2D eigenvalue weighted by molar-refractivity contribution is 5.96. The van der Waals surface area contributed by atoms with Crippen LogP contribution in [0, 0.1) is 20.2 Å². The average Bonchev–Trinajstić information content (AvgIpc) is 2.54. The van der Waals surface area contributed by atoms with Gasteiger partial charge in [0.1, 0.15) is 0 Å². The standard InChI is InChI=1S/C14H11N5O5/c15-11-5-10(6-13(7-11)19(23)24)14(20)17-16-8-9-1-3-12(4-2-9)18(21)22/h1-8H,15H2,(H,17,20). The summed E-state index contributed by atoms with van der Waals surface area (Å²) in [5, 5.41) is 25.0. The summed E-state index contributed by atoms with van der Waals surface area (Å²) in [4.78, 5) is 32.0. The smallest absolute Gasteiger partial charge is 0.272 e. The molecule has 0 aromatic heterocycles. The van der Waals surface area contributed by atoms with Crippen LogP contribution in [-0.2, 0) is 0 Å². The van der Waals surface area contributed by atoms with Gasteiger partial charge in [0.2, 0.25) is 0 Å². The quantitative estimate of drug-likeness (QED) is 0.369. The zero-order chi connectivity index (χ0) is 17.7. The molecule has 0 heterocycles. The molecule has 0 bridgehead atoms. The van der Waals surface area contributed by atoms with Gasteiger partial charge in [0.25, 0.3) is 17.3 Å². The molecule has 0 aliphatic carbocycles. The number of anilines is 1. The third-order valence-electron chi connectivity index (χ3n) is 2.90. The molecule has 10 nitrogen and oxygen atoms in total. The lowest BCUT2D eigenvalue weighted by atomic mass is 10.1. The van der Waals surface area contributed by atoms with Gasteiger partial charge in [0.05, 0.1) is 21.6 Å². The second kappa shape index (κ2) is 6.96. The van der Waals surface area contributed by atoms with E-state index in [4.69, 9.17) is 5.73 Å². The minimum atomic E-state index is -0.677. The summed E-state index contributed by atoms with van der Waals surface area (Å²) in [5.41, 5.74) is 7.93. The Kier molecular flexibility index (Phi) is 4.80. The topological polar surface area (TPSA) is 154 Å². The Bertz CT molecular complexity index is 832. The predicted molar refractivity (Wildman–Crippen MR) is 85.7 cm³/mol. The summed E-state index contributed by atoms with van der Waals surface area (Å²) in [6.07, 6.45) is 1.28. The number of amides is 1. The molecular weight excluding hydrogens is 318 g/mol. The Balaban J connectivity index is 2.07. The molecule has 0 atom stereocenters. The van der Waals surface area contributed by atoms with E-state index < -0.39 is 15.8 Å². The van der Waals surface area contributed by atoms with E-state index in [1.807, 2.05) is 0 Å². The Morgan fingerprint density at radius 2 is 1.67 bits per heavy atom. The first-order valence-corrected chi connectivity index (χ1v) is 6.49. The minimum absolute atomic E-state index is 0.0115. The zero-order valence-electron chi connectivity index (χ0n) is 12.1. The second-order valence-electron chi connectivity index (χ2n) is 4.62. The number of nitrogens with zero attached hydrogens (tertiary/aromatic N) is 3. The van der Waals surface area contributed by atoms with Crippen LogP contribution in [0.2, 0.25) is 0 Å². The van der Waals surface area contributed by atoms with Crippen LogP contribution in [0.4, 0.5) is 17.1 Å². The molecular formula is C14H11N5O5. The summed E-state index contributed by atoms with van der Waals surface area (Å²) in [7, 11) is 0. The van der Waals surface area contributed by atoms with Gasteiger partial charge in [0.15, 0.2) is 0 Å². The van der Waals surface area contributed by atoms with Gasteiger partial charge in [0, 0.05) is 30.0 Å². The molecule has 10 heteroatoms. The summed E-state index contributed by atoms with van der Waals surface area (Å²) >= 11 is 0. The van der Waals surface area contributed by atoms with E-state index in [1.54, 1.807) is 0 Å². The lowest BCUT2D eigenvalue weighted by Crippen LogP contribution is -2.18. The van der Waals surface area contributed by atoms with Crippen molar-refractivity contribution in [2.75, 3.05) is 5.73 Å². The summed E-state index contributed by atoms with van der Waals surface area (Å²) in [6, 6.07) is 9.00. The van der Waals surface area contributed by atoms with E-state index in [2.05, 4.69) is 10.5 Å². The molecule has 0 saturated heterocycles. The molecule has 2 rings (SSSR count). The van der Waals surface area contributed by atoms with E-state index in [0.717, 1.165) is 12.1 Å². The van der Waals surface area contributed by atoms with Gasteiger partial charge < -0.3 is 5.73 Å². The van der Waals surface area contributed by atoms with E-state index in [9.17, 15) is 25.0 Å². The van der Waals surface area contributed by atoms with Gasteiger partial charge in [-0.2, -0.15) is 5.10 Å². The van der Waals surface area contributed by atoms with Gasteiger partial charge in [-0.1, -0.05) is 0 Å². The van der Waals surface area contributed by atoms with E-state index in [-0.39, 0.29) is 22.6 Å². The summed E-state index contributed by atoms with van der Waals surface area (Å²) in [6.45, 7) is 0. The number of carbonyl (C=O) groups excluding carboxylic acids is 1. The average molecular weight is 329 g/mol. The number of hydrogen-bond donors (Lipinski definition) is 2. The molecule has 0 aliphatic rings. The third kappa shape index (κ3) is 4.10. The van der Waals surface area contributed by atoms with E-state index >= 15 is 0 Å². The first-order valence-electron chi connectivity index (χ1n) is 6.49. The van der Waals surface area contributed by atoms with Gasteiger partial charge in [-0.25, -0.2) is 5.43 Å². The molecule has 0 saturated carbocycles. The highest BCUT2D eigenvalue weighted by Crippen LogP contribution is 2.18. The number of hydrogen-bond acceptors (Lipinski definition) is 7. The van der Waals surface area contributed by atoms with E-state index in [0.29, 0.717) is 5.56 Å². The predicted octanol–water partition coefficient (Wildman–Crippen LogP) is 1.85. The van der Waals surface area contributed by atoms with Crippen molar-refractivity contribution in [1.82, 2.24) is 5.43 Å². The van der Waals surface area contributed by atoms with Crippen molar-refractivity contribution in [1.29, 1.82) is 0 Å². The molecule has 24 heavy (non-hydrogen) atoms. The number of benzene rings is 2. The molecule has 2 aromatic rings. The van der Waals surface area contributed by atoms with E-state index in [1.165, 1.54) is 36.5 Å². The largest absolute Gasteiger partial charge is 0.399 e. The normalized spacial score (nSPS) is 10.5. The Morgan fingerprint density at radius 1 is 1.04 bits per heavy atom. The number of hydrazone groups is 1.